The van der Waals surface area contributed by atoms with E-state index in [-0.39, 0.29) is 5.92 Å². The van der Waals surface area contributed by atoms with Crippen molar-refractivity contribution < 1.29 is 9.59 Å². The molecule has 0 spiro atoms. The summed E-state index contributed by atoms with van der Waals surface area (Å²) in [5.74, 6) is 0.136. The van der Waals surface area contributed by atoms with Crippen LogP contribution in [0.5, 0.6) is 0 Å². The quantitative estimate of drug-likeness (QED) is 0.385. The van der Waals surface area contributed by atoms with Crippen LogP contribution in [0, 0.1) is 12.8 Å². The summed E-state index contributed by atoms with van der Waals surface area (Å²) in [7, 11) is 0. The Morgan fingerprint density at radius 2 is 1.91 bits per heavy atom. The van der Waals surface area contributed by atoms with Crippen molar-refractivity contribution in [2.24, 2.45) is 11.7 Å². The molecule has 8 nitrogen and oxygen atoms in total. The number of amides is 3. The van der Waals surface area contributed by atoms with E-state index in [1.807, 2.05) is 80.1 Å². The maximum atomic E-state index is 12.6. The molecule has 0 aliphatic heterocycles. The van der Waals surface area contributed by atoms with E-state index in [1.165, 1.54) is 11.8 Å². The molecule has 4 rings (SSSR count). The van der Waals surface area contributed by atoms with Gasteiger partial charge in [0, 0.05) is 28.4 Å². The standard InChI is InChI=1S/C23H24N6O2S/c1-13(2)19(21(30)26-22(24)31)32-23-28-27-20(29(23)15-8-6-7-14(3)11-15)17-12-25-18-10-5-4-9-16(17)18/h4-13,19,25H,1-3H3,(H3,24,26,30,31)/t19-/m1/s1. The number of para-hydroxylation sites is 1. The van der Waals surface area contributed by atoms with Gasteiger partial charge in [0.1, 0.15) is 0 Å². The largest absolute Gasteiger partial charge is 0.360 e. The molecule has 9 heteroatoms. The molecule has 0 unspecified atom stereocenters. The topological polar surface area (TPSA) is 119 Å². The minimum absolute atomic E-state index is 0.0708. The number of rotatable bonds is 6. The minimum Gasteiger partial charge on any atom is -0.360 e. The van der Waals surface area contributed by atoms with E-state index in [4.69, 9.17) is 5.73 Å². The first-order valence-electron chi connectivity index (χ1n) is 10.2. The number of hydrogen-bond donors (Lipinski definition) is 3. The summed E-state index contributed by atoms with van der Waals surface area (Å²) < 4.78 is 1.94. The van der Waals surface area contributed by atoms with E-state index in [0.29, 0.717) is 11.0 Å². The molecule has 0 aliphatic carbocycles. The Bertz CT molecular complexity index is 1290. The number of carbonyl (C=O) groups is 2. The van der Waals surface area contributed by atoms with Crippen LogP contribution in [0.25, 0.3) is 28.0 Å². The van der Waals surface area contributed by atoms with Gasteiger partial charge >= 0.3 is 6.03 Å². The van der Waals surface area contributed by atoms with Gasteiger partial charge in [-0.2, -0.15) is 0 Å². The summed E-state index contributed by atoms with van der Waals surface area (Å²) in [6.07, 6.45) is 1.91. The van der Waals surface area contributed by atoms with Gasteiger partial charge in [0.25, 0.3) is 0 Å². The molecule has 0 bridgehead atoms. The van der Waals surface area contributed by atoms with Gasteiger partial charge in [-0.3, -0.25) is 14.7 Å². The summed E-state index contributed by atoms with van der Waals surface area (Å²) in [6, 6.07) is 15.1. The predicted octanol–water partition coefficient (Wildman–Crippen LogP) is 4.04. The number of hydrogen-bond acceptors (Lipinski definition) is 5. The molecule has 0 aliphatic rings. The zero-order valence-electron chi connectivity index (χ0n) is 18.0. The van der Waals surface area contributed by atoms with Gasteiger partial charge in [-0.1, -0.05) is 55.9 Å². The normalized spacial score (nSPS) is 12.2. The summed E-state index contributed by atoms with van der Waals surface area (Å²) in [4.78, 5) is 27.1. The van der Waals surface area contributed by atoms with Crippen LogP contribution in [0.3, 0.4) is 0 Å². The van der Waals surface area contributed by atoms with Crippen LogP contribution in [0.1, 0.15) is 19.4 Å². The van der Waals surface area contributed by atoms with Crippen LogP contribution < -0.4 is 11.1 Å². The summed E-state index contributed by atoms with van der Waals surface area (Å²) >= 11 is 1.26. The van der Waals surface area contributed by atoms with Gasteiger partial charge in [-0.05, 0) is 36.6 Å². The number of urea groups is 1. The molecule has 0 fully saturated rings. The average molecular weight is 449 g/mol. The number of imide groups is 1. The molecule has 32 heavy (non-hydrogen) atoms. The van der Waals surface area contributed by atoms with E-state index in [0.717, 1.165) is 27.7 Å². The van der Waals surface area contributed by atoms with E-state index in [1.54, 1.807) is 0 Å². The van der Waals surface area contributed by atoms with Gasteiger partial charge < -0.3 is 10.7 Å². The van der Waals surface area contributed by atoms with Crippen LogP contribution in [-0.4, -0.2) is 36.9 Å². The van der Waals surface area contributed by atoms with Crippen molar-refractivity contribution in [3.05, 3.63) is 60.3 Å². The lowest BCUT2D eigenvalue weighted by atomic mass is 10.1. The first kappa shape index (κ1) is 21.6. The molecular weight excluding hydrogens is 424 g/mol. The van der Waals surface area contributed by atoms with Crippen LogP contribution in [0.4, 0.5) is 4.79 Å². The number of carbonyl (C=O) groups excluding carboxylic acids is 2. The van der Waals surface area contributed by atoms with Crippen molar-refractivity contribution in [2.45, 2.75) is 31.2 Å². The Labute approximate surface area is 189 Å². The number of fused-ring (bicyclic) bond motifs is 1. The van der Waals surface area contributed by atoms with Crippen LogP contribution in [0.15, 0.2) is 59.9 Å². The number of benzene rings is 2. The zero-order chi connectivity index (χ0) is 22.8. The molecule has 4 aromatic rings. The fourth-order valence-corrected chi connectivity index (χ4v) is 4.63. The van der Waals surface area contributed by atoms with Crippen molar-refractivity contribution in [2.75, 3.05) is 0 Å². The summed E-state index contributed by atoms with van der Waals surface area (Å²) in [5, 5.41) is 12.1. The average Bonchev–Trinajstić information content (AvgIpc) is 3.35. The third-order valence-electron chi connectivity index (χ3n) is 5.07. The highest BCUT2D eigenvalue weighted by Gasteiger charge is 2.28. The molecule has 0 radical (unpaired) electrons. The fraction of sp³-hybridized carbons (Fsp3) is 0.217. The van der Waals surface area contributed by atoms with E-state index >= 15 is 0 Å². The van der Waals surface area contributed by atoms with Crippen molar-refractivity contribution in [3.8, 4) is 17.1 Å². The number of aromatic nitrogens is 4. The number of primary amides is 1. The molecule has 4 N–H and O–H groups in total. The second-order valence-electron chi connectivity index (χ2n) is 7.86. The lowest BCUT2D eigenvalue weighted by molar-refractivity contribution is -0.120. The Balaban J connectivity index is 1.85. The highest BCUT2D eigenvalue weighted by Crippen LogP contribution is 2.35. The van der Waals surface area contributed by atoms with Gasteiger partial charge in [0.15, 0.2) is 11.0 Å². The summed E-state index contributed by atoms with van der Waals surface area (Å²) in [6.45, 7) is 5.83. The number of nitrogens with one attached hydrogen (secondary N) is 2. The van der Waals surface area contributed by atoms with Crippen LogP contribution in [-0.2, 0) is 4.79 Å². The maximum absolute atomic E-state index is 12.6. The first-order chi connectivity index (χ1) is 15.3. The van der Waals surface area contributed by atoms with Crippen LogP contribution >= 0.6 is 11.8 Å². The second kappa shape index (κ2) is 8.88. The minimum atomic E-state index is -0.874. The van der Waals surface area contributed by atoms with Gasteiger partial charge in [0.05, 0.1) is 5.25 Å². The van der Waals surface area contributed by atoms with Crippen molar-refractivity contribution in [3.63, 3.8) is 0 Å². The van der Waals surface area contributed by atoms with E-state index in [9.17, 15) is 9.59 Å². The number of nitrogens with two attached hydrogens (primary N) is 1. The molecule has 0 saturated carbocycles. The highest BCUT2D eigenvalue weighted by molar-refractivity contribution is 8.00. The molecule has 3 amide bonds. The Morgan fingerprint density at radius 3 is 2.62 bits per heavy atom. The molecule has 164 valence electrons. The predicted molar refractivity (Wildman–Crippen MR) is 126 cm³/mol. The van der Waals surface area contributed by atoms with E-state index in [2.05, 4.69) is 20.5 Å². The lowest BCUT2D eigenvalue weighted by Gasteiger charge is -2.19. The van der Waals surface area contributed by atoms with Crippen LogP contribution in [0.2, 0.25) is 0 Å². The fourth-order valence-electron chi connectivity index (χ4n) is 3.58. The lowest BCUT2D eigenvalue weighted by Crippen LogP contribution is -2.42. The molecule has 2 aromatic heterocycles. The van der Waals surface area contributed by atoms with Crippen molar-refractivity contribution in [1.29, 1.82) is 0 Å². The highest BCUT2D eigenvalue weighted by atomic mass is 32.2. The van der Waals surface area contributed by atoms with Crippen molar-refractivity contribution >= 4 is 34.6 Å². The molecule has 2 heterocycles. The Morgan fingerprint density at radius 1 is 1.12 bits per heavy atom. The molecular formula is C23H24N6O2S. The molecule has 0 saturated heterocycles. The maximum Gasteiger partial charge on any atom is 0.318 e. The number of nitrogens with zero attached hydrogens (tertiary/aromatic N) is 3. The second-order valence-corrected chi connectivity index (χ2v) is 8.97. The SMILES string of the molecule is Cc1cccc(-n2c(S[C@@H](C(=O)NC(N)=O)C(C)C)nnc2-c2c[nH]c3ccccc23)c1. The van der Waals surface area contributed by atoms with Gasteiger partial charge in [-0.15, -0.1) is 10.2 Å². The molecule has 2 aromatic carbocycles. The van der Waals surface area contributed by atoms with E-state index < -0.39 is 17.2 Å². The zero-order valence-corrected chi connectivity index (χ0v) is 18.8. The Hall–Kier alpha value is -3.59. The smallest absolute Gasteiger partial charge is 0.318 e. The third-order valence-corrected chi connectivity index (χ3v) is 6.55. The van der Waals surface area contributed by atoms with Gasteiger partial charge in [0.2, 0.25) is 5.91 Å². The molecule has 1 atom stereocenters. The van der Waals surface area contributed by atoms with Crippen molar-refractivity contribution in [1.82, 2.24) is 25.1 Å². The first-order valence-corrected chi connectivity index (χ1v) is 11.1. The Kier molecular flexibility index (Phi) is 6.00. The summed E-state index contributed by atoms with van der Waals surface area (Å²) in [5.41, 5.74) is 9.04. The third kappa shape index (κ3) is 4.24. The number of aromatic amines is 1. The number of aryl methyl sites for hydroxylation is 1. The van der Waals surface area contributed by atoms with Gasteiger partial charge in [-0.25, -0.2) is 4.79 Å². The number of thioether (sulfide) groups is 1. The monoisotopic (exact) mass is 448 g/mol. The number of H-pyrrole nitrogens is 1.